The van der Waals surface area contributed by atoms with Crippen LogP contribution in [0.1, 0.15) is 5.56 Å². The number of aromatic nitrogens is 1. The maximum atomic E-state index is 11.8. The largest absolute Gasteiger partial charge is 0.244 e. The fourth-order valence-electron chi connectivity index (χ4n) is 3.21. The van der Waals surface area contributed by atoms with Gasteiger partial charge in [0.15, 0.2) is 9.84 Å². The van der Waals surface area contributed by atoms with Crippen LogP contribution in [0.15, 0.2) is 71.1 Å². The Kier molecular flexibility index (Phi) is 5.73. The van der Waals surface area contributed by atoms with Gasteiger partial charge in [-0.15, -0.1) is 11.3 Å². The van der Waals surface area contributed by atoms with Crippen molar-refractivity contribution < 1.29 is 8.42 Å². The topological polar surface area (TPSA) is 47.0 Å². The summed E-state index contributed by atoms with van der Waals surface area (Å²) < 4.78 is 23.7. The highest BCUT2D eigenvalue weighted by Gasteiger charge is 2.16. The summed E-state index contributed by atoms with van der Waals surface area (Å²) in [6.07, 6.45) is 2.94. The van der Waals surface area contributed by atoms with Gasteiger partial charge in [-0.25, -0.2) is 13.4 Å². The standard InChI is InChI=1S/C23H17Cl2NO2S2/c1-14-3-4-16(11-21(14)24)18-12-20(23-26-9-10-29-23)22(25)13-19(18)15-5-7-17(8-6-15)30(2,27)28/h3-13H,1-2H3. The third-order valence-corrected chi connectivity index (χ3v) is 7.50. The highest BCUT2D eigenvalue weighted by Crippen LogP contribution is 2.41. The third kappa shape index (κ3) is 4.16. The van der Waals surface area contributed by atoms with Crippen molar-refractivity contribution in [3.63, 3.8) is 0 Å². The lowest BCUT2D eigenvalue weighted by atomic mass is 9.92. The number of rotatable bonds is 4. The number of halogens is 2. The van der Waals surface area contributed by atoms with E-state index in [-0.39, 0.29) is 4.90 Å². The average Bonchev–Trinajstić information content (AvgIpc) is 3.24. The first-order valence-corrected chi connectivity index (χ1v) is 12.6. The molecule has 0 radical (unpaired) electrons. The lowest BCUT2D eigenvalue weighted by molar-refractivity contribution is 0.602. The average molecular weight is 474 g/mol. The maximum absolute atomic E-state index is 11.8. The molecule has 0 aliphatic rings. The molecule has 1 aromatic heterocycles. The molecular weight excluding hydrogens is 457 g/mol. The number of hydrogen-bond acceptors (Lipinski definition) is 4. The lowest BCUT2D eigenvalue weighted by Crippen LogP contribution is -1.96. The Morgan fingerprint density at radius 3 is 2.10 bits per heavy atom. The summed E-state index contributed by atoms with van der Waals surface area (Å²) in [5.41, 5.74) is 5.48. The molecule has 152 valence electrons. The Hall–Kier alpha value is -2.18. The molecule has 3 aromatic carbocycles. The van der Waals surface area contributed by atoms with E-state index < -0.39 is 9.84 Å². The number of sulfone groups is 1. The maximum Gasteiger partial charge on any atom is 0.175 e. The fraction of sp³-hybridized carbons (Fsp3) is 0.0870. The zero-order valence-corrected chi connectivity index (χ0v) is 19.3. The van der Waals surface area contributed by atoms with Crippen LogP contribution in [-0.2, 0) is 9.84 Å². The van der Waals surface area contributed by atoms with E-state index >= 15 is 0 Å². The van der Waals surface area contributed by atoms with Crippen molar-refractivity contribution in [2.75, 3.05) is 6.26 Å². The molecule has 0 amide bonds. The highest BCUT2D eigenvalue weighted by molar-refractivity contribution is 7.90. The normalized spacial score (nSPS) is 11.6. The fourth-order valence-corrected chi connectivity index (χ4v) is 5.00. The van der Waals surface area contributed by atoms with Gasteiger partial charge in [0.25, 0.3) is 0 Å². The molecular formula is C23H17Cl2NO2S2. The van der Waals surface area contributed by atoms with E-state index in [9.17, 15) is 8.42 Å². The molecule has 0 aliphatic heterocycles. The summed E-state index contributed by atoms with van der Waals surface area (Å²) in [5, 5.41) is 4.00. The van der Waals surface area contributed by atoms with Gasteiger partial charge >= 0.3 is 0 Å². The minimum atomic E-state index is -3.27. The van der Waals surface area contributed by atoms with E-state index in [0.717, 1.165) is 38.4 Å². The Morgan fingerprint density at radius 2 is 1.50 bits per heavy atom. The summed E-state index contributed by atoms with van der Waals surface area (Å²) in [6, 6.07) is 16.7. The van der Waals surface area contributed by atoms with Crippen LogP contribution in [-0.4, -0.2) is 19.7 Å². The number of hydrogen-bond donors (Lipinski definition) is 0. The molecule has 0 bridgehead atoms. The van der Waals surface area contributed by atoms with Crippen LogP contribution >= 0.6 is 34.5 Å². The molecule has 4 aromatic rings. The van der Waals surface area contributed by atoms with Gasteiger partial charge in [-0.05, 0) is 65.1 Å². The molecule has 30 heavy (non-hydrogen) atoms. The van der Waals surface area contributed by atoms with Crippen molar-refractivity contribution in [1.82, 2.24) is 4.98 Å². The van der Waals surface area contributed by atoms with Crippen molar-refractivity contribution in [2.24, 2.45) is 0 Å². The number of nitrogens with zero attached hydrogens (tertiary/aromatic N) is 1. The Labute approximate surface area is 189 Å². The van der Waals surface area contributed by atoms with E-state index in [1.165, 1.54) is 17.6 Å². The molecule has 0 saturated carbocycles. The molecule has 0 saturated heterocycles. The molecule has 1 heterocycles. The van der Waals surface area contributed by atoms with E-state index in [2.05, 4.69) is 4.98 Å². The summed E-state index contributed by atoms with van der Waals surface area (Å²) in [4.78, 5) is 4.67. The van der Waals surface area contributed by atoms with Crippen LogP contribution in [0.4, 0.5) is 0 Å². The van der Waals surface area contributed by atoms with Crippen LogP contribution < -0.4 is 0 Å². The first-order chi connectivity index (χ1) is 14.2. The summed E-state index contributed by atoms with van der Waals surface area (Å²) in [5.74, 6) is 0. The Balaban J connectivity index is 1.95. The number of thiazole rings is 1. The van der Waals surface area contributed by atoms with Gasteiger partial charge in [0, 0.05) is 28.4 Å². The van der Waals surface area contributed by atoms with Gasteiger partial charge in [-0.1, -0.05) is 47.5 Å². The molecule has 7 heteroatoms. The van der Waals surface area contributed by atoms with Crippen LogP contribution in [0.5, 0.6) is 0 Å². The van der Waals surface area contributed by atoms with E-state index in [4.69, 9.17) is 23.2 Å². The van der Waals surface area contributed by atoms with Gasteiger partial charge in [-0.2, -0.15) is 0 Å². The molecule has 4 rings (SSSR count). The van der Waals surface area contributed by atoms with E-state index in [1.54, 1.807) is 30.5 Å². The number of benzene rings is 3. The van der Waals surface area contributed by atoms with Gasteiger partial charge in [-0.3, -0.25) is 0 Å². The molecule has 3 nitrogen and oxygen atoms in total. The minimum absolute atomic E-state index is 0.275. The van der Waals surface area contributed by atoms with Crippen LogP contribution in [0.25, 0.3) is 32.8 Å². The minimum Gasteiger partial charge on any atom is -0.244 e. The first-order valence-electron chi connectivity index (χ1n) is 9.04. The van der Waals surface area contributed by atoms with Crippen LogP contribution in [0.3, 0.4) is 0 Å². The molecule has 0 atom stereocenters. The predicted octanol–water partition coefficient (Wildman–Crippen LogP) is 7.16. The van der Waals surface area contributed by atoms with E-state index in [1.807, 2.05) is 42.6 Å². The second-order valence-corrected chi connectivity index (χ2v) is 10.7. The predicted molar refractivity (Wildman–Crippen MR) is 126 cm³/mol. The van der Waals surface area contributed by atoms with Gasteiger partial charge in [0.1, 0.15) is 5.01 Å². The summed E-state index contributed by atoms with van der Waals surface area (Å²) in [6.45, 7) is 1.96. The highest BCUT2D eigenvalue weighted by atomic mass is 35.5. The molecule has 0 N–H and O–H groups in total. The van der Waals surface area contributed by atoms with Crippen molar-refractivity contribution in [3.8, 4) is 32.8 Å². The van der Waals surface area contributed by atoms with Crippen LogP contribution in [0.2, 0.25) is 10.0 Å². The lowest BCUT2D eigenvalue weighted by Gasteiger charge is -2.15. The Morgan fingerprint density at radius 1 is 0.833 bits per heavy atom. The Bertz CT molecular complexity index is 1330. The smallest absolute Gasteiger partial charge is 0.175 e. The van der Waals surface area contributed by atoms with Crippen molar-refractivity contribution in [1.29, 1.82) is 0 Å². The third-order valence-electron chi connectivity index (χ3n) is 4.85. The van der Waals surface area contributed by atoms with Crippen molar-refractivity contribution >= 4 is 44.4 Å². The van der Waals surface area contributed by atoms with Crippen LogP contribution in [0, 0.1) is 6.92 Å². The molecule has 0 fully saturated rings. The second-order valence-electron chi connectivity index (χ2n) is 6.98. The molecule has 0 spiro atoms. The van der Waals surface area contributed by atoms with Crippen molar-refractivity contribution in [2.45, 2.75) is 11.8 Å². The zero-order chi connectivity index (χ0) is 21.5. The second kappa shape index (κ2) is 8.16. The van der Waals surface area contributed by atoms with Crippen molar-refractivity contribution in [3.05, 3.63) is 81.8 Å². The quantitative estimate of drug-likeness (QED) is 0.315. The molecule has 0 unspecified atom stereocenters. The van der Waals surface area contributed by atoms with E-state index in [0.29, 0.717) is 10.0 Å². The first kappa shape index (κ1) is 21.1. The summed E-state index contributed by atoms with van der Waals surface area (Å²) in [7, 11) is -3.27. The number of aryl methyl sites for hydroxylation is 1. The van der Waals surface area contributed by atoms with Gasteiger partial charge in [0.05, 0.1) is 9.92 Å². The van der Waals surface area contributed by atoms with Gasteiger partial charge < -0.3 is 0 Å². The summed E-state index contributed by atoms with van der Waals surface area (Å²) >= 11 is 14.6. The monoisotopic (exact) mass is 473 g/mol. The zero-order valence-electron chi connectivity index (χ0n) is 16.2. The SMILES string of the molecule is Cc1ccc(-c2cc(-c3nccs3)c(Cl)cc2-c2ccc(S(C)(=O)=O)cc2)cc1Cl. The van der Waals surface area contributed by atoms with Gasteiger partial charge in [0.2, 0.25) is 0 Å². The molecule has 0 aliphatic carbocycles.